The van der Waals surface area contributed by atoms with E-state index in [1.54, 1.807) is 0 Å². The summed E-state index contributed by atoms with van der Waals surface area (Å²) < 4.78 is 5.47. The number of aromatic nitrogens is 2. The fourth-order valence-electron chi connectivity index (χ4n) is 3.23. The molecule has 1 aliphatic rings. The number of H-pyrrole nitrogens is 1. The fourth-order valence-corrected chi connectivity index (χ4v) is 3.23. The summed E-state index contributed by atoms with van der Waals surface area (Å²) in [5.41, 5.74) is 2.53. The second kappa shape index (κ2) is 9.15. The van der Waals surface area contributed by atoms with E-state index in [1.807, 2.05) is 20.8 Å². The molecular formula is C17H31N5O2. The van der Waals surface area contributed by atoms with Crippen LogP contribution < -0.4 is 5.32 Å². The molecule has 0 spiro atoms. The van der Waals surface area contributed by atoms with Crippen molar-refractivity contribution in [3.05, 3.63) is 11.4 Å². The van der Waals surface area contributed by atoms with Crippen LogP contribution in [0.15, 0.2) is 0 Å². The van der Waals surface area contributed by atoms with E-state index in [2.05, 4.69) is 32.2 Å². The minimum Gasteiger partial charge on any atom is -0.380 e. The largest absolute Gasteiger partial charge is 0.380 e. The molecule has 2 rings (SSSR count). The first-order chi connectivity index (χ1) is 11.5. The van der Waals surface area contributed by atoms with Gasteiger partial charge in [0.2, 0.25) is 5.91 Å². The van der Waals surface area contributed by atoms with E-state index in [0.29, 0.717) is 12.6 Å². The zero-order valence-electron chi connectivity index (χ0n) is 15.4. The van der Waals surface area contributed by atoms with Gasteiger partial charge in [0.15, 0.2) is 0 Å². The standard InChI is InChI=1S/C17H31N5O2/c1-5-15-11-21(7-8-22(15)9-10-24-6-2)12-16(23)18-17-13(3)19-20-14(17)4/h15H,5-12H2,1-4H3,(H,18,23)(H,19,20)/t15-/m1/s1. The van der Waals surface area contributed by atoms with Crippen LogP contribution in [0.4, 0.5) is 5.69 Å². The summed E-state index contributed by atoms with van der Waals surface area (Å²) in [6, 6.07) is 0.490. The third-order valence-electron chi connectivity index (χ3n) is 4.65. The highest BCUT2D eigenvalue weighted by atomic mass is 16.5. The molecule has 0 unspecified atom stereocenters. The van der Waals surface area contributed by atoms with Crippen molar-refractivity contribution in [1.82, 2.24) is 20.0 Å². The SMILES string of the molecule is CCOCCN1CCN(CC(=O)Nc2c(C)n[nH]c2C)C[C@H]1CC. The number of carbonyl (C=O) groups excluding carboxylic acids is 1. The lowest BCUT2D eigenvalue weighted by molar-refractivity contribution is -0.118. The average molecular weight is 337 g/mol. The number of anilines is 1. The Hall–Kier alpha value is -1.44. The number of aromatic amines is 1. The molecule has 24 heavy (non-hydrogen) atoms. The van der Waals surface area contributed by atoms with Crippen LogP contribution in [0.2, 0.25) is 0 Å². The predicted molar refractivity (Wildman–Crippen MR) is 95.3 cm³/mol. The number of aryl methyl sites for hydroxylation is 2. The molecule has 0 saturated carbocycles. The number of nitrogens with one attached hydrogen (secondary N) is 2. The topological polar surface area (TPSA) is 73.5 Å². The number of hydrogen-bond acceptors (Lipinski definition) is 5. The monoisotopic (exact) mass is 337 g/mol. The minimum atomic E-state index is 0.0280. The van der Waals surface area contributed by atoms with E-state index in [9.17, 15) is 4.79 Å². The molecule has 0 aromatic carbocycles. The first-order valence-corrected chi connectivity index (χ1v) is 8.90. The van der Waals surface area contributed by atoms with E-state index < -0.39 is 0 Å². The van der Waals surface area contributed by atoms with Crippen LogP contribution in [-0.2, 0) is 9.53 Å². The van der Waals surface area contributed by atoms with E-state index in [1.165, 1.54) is 0 Å². The highest BCUT2D eigenvalue weighted by Gasteiger charge is 2.26. The highest BCUT2D eigenvalue weighted by molar-refractivity contribution is 5.93. The molecule has 1 aliphatic heterocycles. The zero-order chi connectivity index (χ0) is 17.5. The van der Waals surface area contributed by atoms with Crippen molar-refractivity contribution in [1.29, 1.82) is 0 Å². The Labute approximate surface area is 144 Å². The van der Waals surface area contributed by atoms with Crippen molar-refractivity contribution in [3.8, 4) is 0 Å². The Morgan fingerprint density at radius 2 is 2.17 bits per heavy atom. The molecule has 1 aromatic heterocycles. The lowest BCUT2D eigenvalue weighted by atomic mass is 10.1. The molecule has 0 aliphatic carbocycles. The third-order valence-corrected chi connectivity index (χ3v) is 4.65. The Morgan fingerprint density at radius 1 is 1.38 bits per heavy atom. The van der Waals surface area contributed by atoms with Gasteiger partial charge in [-0.3, -0.25) is 19.7 Å². The fraction of sp³-hybridized carbons (Fsp3) is 0.765. The van der Waals surface area contributed by atoms with Gasteiger partial charge >= 0.3 is 0 Å². The van der Waals surface area contributed by atoms with Gasteiger partial charge in [-0.05, 0) is 27.2 Å². The van der Waals surface area contributed by atoms with Gasteiger partial charge in [-0.2, -0.15) is 5.10 Å². The molecule has 136 valence electrons. The smallest absolute Gasteiger partial charge is 0.238 e. The van der Waals surface area contributed by atoms with Crippen molar-refractivity contribution in [3.63, 3.8) is 0 Å². The number of hydrogen-bond donors (Lipinski definition) is 2. The Bertz CT molecular complexity index is 512. The maximum atomic E-state index is 12.3. The van der Waals surface area contributed by atoms with Gasteiger partial charge in [0, 0.05) is 38.8 Å². The van der Waals surface area contributed by atoms with Crippen LogP contribution in [-0.4, -0.2) is 77.9 Å². The number of nitrogens with zero attached hydrogens (tertiary/aromatic N) is 3. The van der Waals surface area contributed by atoms with Gasteiger partial charge in [0.25, 0.3) is 0 Å². The number of piperazine rings is 1. The molecule has 2 heterocycles. The molecule has 1 fully saturated rings. The number of carbonyl (C=O) groups is 1. The van der Waals surface area contributed by atoms with Crippen molar-refractivity contribution in [2.75, 3.05) is 51.3 Å². The first kappa shape index (κ1) is 18.9. The quantitative estimate of drug-likeness (QED) is 0.702. The second-order valence-corrected chi connectivity index (χ2v) is 6.39. The number of rotatable bonds is 8. The van der Waals surface area contributed by atoms with Crippen molar-refractivity contribution >= 4 is 11.6 Å². The van der Waals surface area contributed by atoms with Crippen LogP contribution in [0.3, 0.4) is 0 Å². The molecule has 7 heteroatoms. The summed E-state index contributed by atoms with van der Waals surface area (Å²) in [7, 11) is 0. The Kier molecular flexibility index (Phi) is 7.20. The zero-order valence-corrected chi connectivity index (χ0v) is 15.4. The number of ether oxygens (including phenoxy) is 1. The van der Waals surface area contributed by atoms with Gasteiger partial charge in [-0.25, -0.2) is 0 Å². The highest BCUT2D eigenvalue weighted by Crippen LogP contribution is 2.17. The third kappa shape index (κ3) is 5.03. The molecule has 1 aromatic rings. The second-order valence-electron chi connectivity index (χ2n) is 6.39. The van der Waals surface area contributed by atoms with Crippen LogP contribution in [0.5, 0.6) is 0 Å². The van der Waals surface area contributed by atoms with Crippen molar-refractivity contribution in [2.24, 2.45) is 0 Å². The van der Waals surface area contributed by atoms with Crippen LogP contribution in [0.1, 0.15) is 31.7 Å². The van der Waals surface area contributed by atoms with Crippen LogP contribution in [0.25, 0.3) is 0 Å². The number of amides is 1. The summed E-state index contributed by atoms with van der Waals surface area (Å²) in [5.74, 6) is 0.0280. The van der Waals surface area contributed by atoms with E-state index in [4.69, 9.17) is 4.74 Å². The van der Waals surface area contributed by atoms with Gasteiger partial charge in [-0.1, -0.05) is 6.92 Å². The van der Waals surface area contributed by atoms with Crippen molar-refractivity contribution in [2.45, 2.75) is 40.2 Å². The minimum absolute atomic E-state index is 0.0280. The summed E-state index contributed by atoms with van der Waals surface area (Å²) in [6.07, 6.45) is 1.09. The molecule has 2 N–H and O–H groups in total. The predicted octanol–water partition coefficient (Wildman–Crippen LogP) is 1.40. The summed E-state index contributed by atoms with van der Waals surface area (Å²) in [5, 5.41) is 9.99. The van der Waals surface area contributed by atoms with Gasteiger partial charge in [0.1, 0.15) is 0 Å². The molecule has 0 radical (unpaired) electrons. The Balaban J connectivity index is 1.82. The van der Waals surface area contributed by atoms with Gasteiger partial charge < -0.3 is 10.1 Å². The molecular weight excluding hydrogens is 306 g/mol. The molecule has 0 bridgehead atoms. The van der Waals surface area contributed by atoms with E-state index in [0.717, 1.165) is 62.9 Å². The summed E-state index contributed by atoms with van der Waals surface area (Å²) in [4.78, 5) is 17.1. The van der Waals surface area contributed by atoms with Crippen LogP contribution >= 0.6 is 0 Å². The first-order valence-electron chi connectivity index (χ1n) is 8.90. The lowest BCUT2D eigenvalue weighted by Crippen LogP contribution is -2.54. The van der Waals surface area contributed by atoms with E-state index >= 15 is 0 Å². The maximum Gasteiger partial charge on any atom is 0.238 e. The van der Waals surface area contributed by atoms with Crippen LogP contribution in [0, 0.1) is 13.8 Å². The molecule has 1 saturated heterocycles. The lowest BCUT2D eigenvalue weighted by Gasteiger charge is -2.40. The summed E-state index contributed by atoms with van der Waals surface area (Å²) >= 11 is 0. The Morgan fingerprint density at radius 3 is 2.79 bits per heavy atom. The van der Waals surface area contributed by atoms with Crippen molar-refractivity contribution < 1.29 is 9.53 Å². The van der Waals surface area contributed by atoms with E-state index in [-0.39, 0.29) is 5.91 Å². The van der Waals surface area contributed by atoms with Gasteiger partial charge in [0.05, 0.1) is 30.2 Å². The molecule has 1 atom stereocenters. The normalized spacial score (nSPS) is 19.6. The average Bonchev–Trinajstić information content (AvgIpc) is 2.88. The summed E-state index contributed by atoms with van der Waals surface area (Å²) in [6.45, 7) is 13.8. The molecule has 7 nitrogen and oxygen atoms in total. The maximum absolute atomic E-state index is 12.3. The molecule has 1 amide bonds. The van der Waals surface area contributed by atoms with Gasteiger partial charge in [-0.15, -0.1) is 0 Å².